The van der Waals surface area contributed by atoms with Gasteiger partial charge in [-0.05, 0) is 55.7 Å². The minimum atomic E-state index is -0.661. The smallest absolute Gasteiger partial charge is 0.313 e. The van der Waals surface area contributed by atoms with Crippen molar-refractivity contribution in [2.75, 3.05) is 49.5 Å². The summed E-state index contributed by atoms with van der Waals surface area (Å²) in [4.78, 5) is 42.6. The zero-order valence-corrected chi connectivity index (χ0v) is 16.9. The molecule has 1 N–H and O–H groups in total. The molecule has 8 nitrogen and oxygen atoms in total. The van der Waals surface area contributed by atoms with Gasteiger partial charge in [-0.1, -0.05) is 0 Å². The molecule has 2 aromatic rings. The van der Waals surface area contributed by atoms with E-state index in [2.05, 4.69) is 10.2 Å². The Balaban J connectivity index is 1.28. The summed E-state index contributed by atoms with van der Waals surface area (Å²) in [7, 11) is 0. The van der Waals surface area contributed by atoms with Gasteiger partial charge in [-0.15, -0.1) is 0 Å². The number of piperazine rings is 1. The first-order valence-corrected chi connectivity index (χ1v) is 10.4. The van der Waals surface area contributed by atoms with Crippen LogP contribution in [0.15, 0.2) is 47.1 Å². The zero-order chi connectivity index (χ0) is 20.9. The highest BCUT2D eigenvalue weighted by Crippen LogP contribution is 2.22. The number of furan rings is 1. The Labute approximate surface area is 175 Å². The van der Waals surface area contributed by atoms with Gasteiger partial charge in [0.2, 0.25) is 0 Å². The van der Waals surface area contributed by atoms with Crippen LogP contribution in [0.4, 0.5) is 11.4 Å². The number of piperidine rings is 1. The molecule has 0 spiro atoms. The minimum Gasteiger partial charge on any atom is -0.459 e. The molecule has 0 aliphatic carbocycles. The van der Waals surface area contributed by atoms with Crippen LogP contribution in [0, 0.1) is 0 Å². The first-order valence-electron chi connectivity index (χ1n) is 10.4. The molecule has 4 rings (SSSR count). The summed E-state index contributed by atoms with van der Waals surface area (Å²) in [6.45, 7) is 3.46. The van der Waals surface area contributed by atoms with Gasteiger partial charge in [0, 0.05) is 50.6 Å². The van der Waals surface area contributed by atoms with Gasteiger partial charge in [-0.3, -0.25) is 14.4 Å². The number of nitrogens with zero attached hydrogens (tertiary/aromatic N) is 3. The number of amides is 3. The number of hydrogen-bond acceptors (Lipinski definition) is 5. The fourth-order valence-corrected chi connectivity index (χ4v) is 3.90. The standard InChI is InChI=1S/C22H26N4O4/c27-20(23-17-6-8-18(9-7-17)24-10-2-1-3-11-24)22(29)26-14-12-25(13-15-26)21(28)19-5-4-16-30-19/h4-9,16H,1-3,10-15H2,(H,23,27). The van der Waals surface area contributed by atoms with Gasteiger partial charge >= 0.3 is 11.8 Å². The van der Waals surface area contributed by atoms with Crippen molar-refractivity contribution < 1.29 is 18.8 Å². The normalized spacial score (nSPS) is 17.0. The van der Waals surface area contributed by atoms with Crippen LogP contribution in [0.1, 0.15) is 29.8 Å². The molecule has 0 radical (unpaired) electrons. The molecule has 2 saturated heterocycles. The molecule has 158 valence electrons. The van der Waals surface area contributed by atoms with Crippen molar-refractivity contribution in [1.82, 2.24) is 9.80 Å². The summed E-state index contributed by atoms with van der Waals surface area (Å²) in [5.74, 6) is -1.17. The molecular weight excluding hydrogens is 384 g/mol. The summed E-state index contributed by atoms with van der Waals surface area (Å²) in [5, 5.41) is 2.68. The lowest BCUT2D eigenvalue weighted by Gasteiger charge is -2.33. The van der Waals surface area contributed by atoms with Gasteiger partial charge in [0.05, 0.1) is 6.26 Å². The van der Waals surface area contributed by atoms with Crippen molar-refractivity contribution in [3.63, 3.8) is 0 Å². The Bertz CT molecular complexity index is 880. The highest BCUT2D eigenvalue weighted by Gasteiger charge is 2.29. The number of carbonyl (C=O) groups is 3. The lowest BCUT2D eigenvalue weighted by atomic mass is 10.1. The molecule has 1 aromatic heterocycles. The fraction of sp³-hybridized carbons (Fsp3) is 0.409. The van der Waals surface area contributed by atoms with Crippen molar-refractivity contribution in [1.29, 1.82) is 0 Å². The topological polar surface area (TPSA) is 86.1 Å². The molecule has 0 unspecified atom stereocenters. The molecule has 3 heterocycles. The van der Waals surface area contributed by atoms with Gasteiger partial charge < -0.3 is 24.4 Å². The fourth-order valence-electron chi connectivity index (χ4n) is 3.90. The van der Waals surface area contributed by atoms with Gasteiger partial charge in [0.15, 0.2) is 5.76 Å². The van der Waals surface area contributed by atoms with Gasteiger partial charge in [-0.25, -0.2) is 0 Å². The molecule has 3 amide bonds. The molecule has 2 fully saturated rings. The summed E-state index contributed by atoms with van der Waals surface area (Å²) in [6.07, 6.45) is 5.13. The highest BCUT2D eigenvalue weighted by molar-refractivity contribution is 6.39. The van der Waals surface area contributed by atoms with Crippen LogP contribution < -0.4 is 10.2 Å². The summed E-state index contributed by atoms with van der Waals surface area (Å²) in [5.41, 5.74) is 1.73. The van der Waals surface area contributed by atoms with Crippen LogP contribution in [-0.2, 0) is 9.59 Å². The van der Waals surface area contributed by atoms with Crippen LogP contribution in [0.5, 0.6) is 0 Å². The first-order chi connectivity index (χ1) is 14.6. The number of benzene rings is 1. The first kappa shape index (κ1) is 20.0. The second-order valence-corrected chi connectivity index (χ2v) is 7.61. The van der Waals surface area contributed by atoms with E-state index in [1.807, 2.05) is 24.3 Å². The minimum absolute atomic E-state index is 0.203. The van der Waals surface area contributed by atoms with Gasteiger partial charge in [0.25, 0.3) is 5.91 Å². The number of rotatable bonds is 3. The lowest BCUT2D eigenvalue weighted by molar-refractivity contribution is -0.144. The third kappa shape index (κ3) is 4.48. The van der Waals surface area contributed by atoms with E-state index >= 15 is 0 Å². The van der Waals surface area contributed by atoms with E-state index < -0.39 is 11.8 Å². The summed E-state index contributed by atoms with van der Waals surface area (Å²) in [6, 6.07) is 10.9. The molecular formula is C22H26N4O4. The second kappa shape index (κ2) is 9.02. The average molecular weight is 410 g/mol. The predicted molar refractivity (Wildman–Crippen MR) is 112 cm³/mol. The molecule has 0 saturated carbocycles. The van der Waals surface area contributed by atoms with Crippen molar-refractivity contribution in [2.45, 2.75) is 19.3 Å². The lowest BCUT2D eigenvalue weighted by Crippen LogP contribution is -2.52. The van der Waals surface area contributed by atoms with E-state index in [0.717, 1.165) is 18.8 Å². The Hall–Kier alpha value is -3.29. The Kier molecular flexibility index (Phi) is 6.02. The average Bonchev–Trinajstić information content (AvgIpc) is 3.34. The summed E-state index contributed by atoms with van der Waals surface area (Å²) < 4.78 is 5.14. The third-order valence-electron chi connectivity index (χ3n) is 5.63. The SMILES string of the molecule is O=C(Nc1ccc(N2CCCCC2)cc1)C(=O)N1CCN(C(=O)c2ccco2)CC1. The van der Waals surface area contributed by atoms with Crippen molar-refractivity contribution in [2.24, 2.45) is 0 Å². The van der Waals surface area contributed by atoms with Crippen molar-refractivity contribution in [3.8, 4) is 0 Å². The molecule has 30 heavy (non-hydrogen) atoms. The number of hydrogen-bond donors (Lipinski definition) is 1. The number of nitrogens with one attached hydrogen (secondary N) is 1. The quantitative estimate of drug-likeness (QED) is 0.784. The maximum absolute atomic E-state index is 12.5. The highest BCUT2D eigenvalue weighted by atomic mass is 16.3. The van der Waals surface area contributed by atoms with Crippen LogP contribution >= 0.6 is 0 Å². The van der Waals surface area contributed by atoms with E-state index in [-0.39, 0.29) is 11.7 Å². The zero-order valence-electron chi connectivity index (χ0n) is 16.9. The second-order valence-electron chi connectivity index (χ2n) is 7.61. The maximum Gasteiger partial charge on any atom is 0.313 e. The third-order valence-corrected chi connectivity index (χ3v) is 5.63. The molecule has 8 heteroatoms. The Morgan fingerprint density at radius 2 is 1.47 bits per heavy atom. The van der Waals surface area contributed by atoms with Gasteiger partial charge in [-0.2, -0.15) is 0 Å². The summed E-state index contributed by atoms with van der Waals surface area (Å²) >= 11 is 0. The monoisotopic (exact) mass is 410 g/mol. The molecule has 0 atom stereocenters. The molecule has 1 aromatic carbocycles. The van der Waals surface area contributed by atoms with Crippen LogP contribution in [0.3, 0.4) is 0 Å². The van der Waals surface area contributed by atoms with Crippen molar-refractivity contribution >= 4 is 29.1 Å². The van der Waals surface area contributed by atoms with Crippen LogP contribution in [-0.4, -0.2) is 66.8 Å². The predicted octanol–water partition coefficient (Wildman–Crippen LogP) is 2.19. The van der Waals surface area contributed by atoms with E-state index in [1.165, 1.54) is 30.4 Å². The van der Waals surface area contributed by atoms with Crippen LogP contribution in [0.25, 0.3) is 0 Å². The van der Waals surface area contributed by atoms with Gasteiger partial charge in [0.1, 0.15) is 0 Å². The maximum atomic E-state index is 12.5. The molecule has 2 aliphatic rings. The number of anilines is 2. The van der Waals surface area contributed by atoms with E-state index in [1.54, 1.807) is 17.0 Å². The molecule has 2 aliphatic heterocycles. The van der Waals surface area contributed by atoms with E-state index in [4.69, 9.17) is 4.42 Å². The van der Waals surface area contributed by atoms with E-state index in [9.17, 15) is 14.4 Å². The number of carbonyl (C=O) groups excluding carboxylic acids is 3. The van der Waals surface area contributed by atoms with E-state index in [0.29, 0.717) is 31.9 Å². The Morgan fingerprint density at radius 1 is 0.800 bits per heavy atom. The Morgan fingerprint density at radius 3 is 2.10 bits per heavy atom. The van der Waals surface area contributed by atoms with Crippen LogP contribution in [0.2, 0.25) is 0 Å². The molecule has 0 bridgehead atoms. The van der Waals surface area contributed by atoms with Crippen molar-refractivity contribution in [3.05, 3.63) is 48.4 Å². The largest absolute Gasteiger partial charge is 0.459 e.